The number of ether oxygens (including phenoxy) is 1. The van der Waals surface area contributed by atoms with E-state index >= 15 is 0 Å². The largest absolute Gasteiger partial charge is 0.494 e. The second-order valence-electron chi connectivity index (χ2n) is 7.40. The Balaban J connectivity index is 1.56. The van der Waals surface area contributed by atoms with Crippen LogP contribution in [-0.2, 0) is 13.0 Å². The highest BCUT2D eigenvalue weighted by Crippen LogP contribution is 2.23. The van der Waals surface area contributed by atoms with E-state index in [2.05, 4.69) is 10.3 Å². The Labute approximate surface area is 169 Å². The van der Waals surface area contributed by atoms with Crippen molar-refractivity contribution in [3.63, 3.8) is 0 Å². The molecule has 3 aromatic rings. The number of carbonyl (C=O) groups excluding carboxylic acids is 1. The van der Waals surface area contributed by atoms with Crippen LogP contribution in [0.1, 0.15) is 29.3 Å². The maximum atomic E-state index is 13.1. The van der Waals surface area contributed by atoms with Gasteiger partial charge < -0.3 is 19.9 Å². The van der Waals surface area contributed by atoms with Gasteiger partial charge in [-0.25, -0.2) is 4.79 Å². The van der Waals surface area contributed by atoms with Crippen LogP contribution in [0.5, 0.6) is 5.75 Å². The van der Waals surface area contributed by atoms with Gasteiger partial charge in [0, 0.05) is 35.3 Å². The third-order valence-corrected chi connectivity index (χ3v) is 5.58. The molecule has 1 aliphatic rings. The molecule has 2 heterocycles. The molecule has 0 atom stereocenters. The first-order valence-corrected chi connectivity index (χ1v) is 9.90. The number of rotatable bonds is 3. The number of pyridine rings is 1. The minimum Gasteiger partial charge on any atom is -0.494 e. The van der Waals surface area contributed by atoms with E-state index in [4.69, 9.17) is 4.74 Å². The highest BCUT2D eigenvalue weighted by Gasteiger charge is 2.24. The van der Waals surface area contributed by atoms with Gasteiger partial charge in [-0.3, -0.25) is 4.79 Å². The van der Waals surface area contributed by atoms with Gasteiger partial charge in [0.15, 0.2) is 5.43 Å². The van der Waals surface area contributed by atoms with E-state index in [0.717, 1.165) is 28.1 Å². The summed E-state index contributed by atoms with van der Waals surface area (Å²) in [6.45, 7) is 7.45. The molecule has 6 nitrogen and oxygen atoms in total. The molecule has 2 aromatic carbocycles. The van der Waals surface area contributed by atoms with Crippen molar-refractivity contribution in [1.82, 2.24) is 9.88 Å². The SMILES string of the molecule is CCOc1ccc(NC(=O)N2CCc3[nH]c4c(C)c(C)ccc4c(=O)c3C2)cc1. The van der Waals surface area contributed by atoms with Gasteiger partial charge in [0.25, 0.3) is 0 Å². The Morgan fingerprint density at radius 3 is 2.66 bits per heavy atom. The fourth-order valence-corrected chi connectivity index (χ4v) is 3.77. The lowest BCUT2D eigenvalue weighted by molar-refractivity contribution is 0.206. The fraction of sp³-hybridized carbons (Fsp3) is 0.304. The second kappa shape index (κ2) is 7.62. The molecule has 2 amide bonds. The van der Waals surface area contributed by atoms with Gasteiger partial charge in [0.2, 0.25) is 0 Å². The van der Waals surface area contributed by atoms with Gasteiger partial charge >= 0.3 is 6.03 Å². The van der Waals surface area contributed by atoms with Crippen LogP contribution in [0.4, 0.5) is 10.5 Å². The topological polar surface area (TPSA) is 74.4 Å². The number of anilines is 1. The summed E-state index contributed by atoms with van der Waals surface area (Å²) in [4.78, 5) is 30.9. The van der Waals surface area contributed by atoms with Crippen LogP contribution >= 0.6 is 0 Å². The van der Waals surface area contributed by atoms with E-state index in [0.29, 0.717) is 42.8 Å². The molecule has 0 saturated carbocycles. The third kappa shape index (κ3) is 3.58. The van der Waals surface area contributed by atoms with Gasteiger partial charge in [-0.1, -0.05) is 6.07 Å². The summed E-state index contributed by atoms with van der Waals surface area (Å²) in [5, 5.41) is 3.59. The molecule has 0 radical (unpaired) electrons. The fourth-order valence-electron chi connectivity index (χ4n) is 3.77. The van der Waals surface area contributed by atoms with Crippen molar-refractivity contribution in [2.45, 2.75) is 33.7 Å². The van der Waals surface area contributed by atoms with Crippen molar-refractivity contribution < 1.29 is 9.53 Å². The van der Waals surface area contributed by atoms with E-state index in [9.17, 15) is 9.59 Å². The second-order valence-corrected chi connectivity index (χ2v) is 7.40. The van der Waals surface area contributed by atoms with Crippen LogP contribution in [0, 0.1) is 13.8 Å². The Bertz CT molecular complexity index is 1130. The molecule has 29 heavy (non-hydrogen) atoms. The summed E-state index contributed by atoms with van der Waals surface area (Å²) >= 11 is 0. The van der Waals surface area contributed by atoms with Crippen LogP contribution in [-0.4, -0.2) is 29.1 Å². The molecule has 0 aliphatic carbocycles. The number of hydrogen-bond donors (Lipinski definition) is 2. The van der Waals surface area contributed by atoms with Crippen LogP contribution in [0.2, 0.25) is 0 Å². The predicted molar refractivity (Wildman–Crippen MR) is 115 cm³/mol. The molecule has 0 saturated heterocycles. The van der Waals surface area contributed by atoms with Crippen molar-refractivity contribution in [3.8, 4) is 5.75 Å². The minimum atomic E-state index is -0.209. The normalized spacial score (nSPS) is 13.3. The van der Waals surface area contributed by atoms with Crippen molar-refractivity contribution in [1.29, 1.82) is 0 Å². The van der Waals surface area contributed by atoms with Gasteiger partial charge in [0.05, 0.1) is 18.7 Å². The predicted octanol–water partition coefficient (Wildman–Crippen LogP) is 4.13. The Morgan fingerprint density at radius 2 is 1.93 bits per heavy atom. The molecule has 0 bridgehead atoms. The molecule has 4 rings (SSSR count). The van der Waals surface area contributed by atoms with Crippen molar-refractivity contribution >= 4 is 22.6 Å². The van der Waals surface area contributed by atoms with E-state index in [1.54, 1.807) is 4.90 Å². The summed E-state index contributed by atoms with van der Waals surface area (Å²) in [5.41, 5.74) is 5.47. The number of H-pyrrole nitrogens is 1. The Hall–Kier alpha value is -3.28. The number of aromatic amines is 1. The Morgan fingerprint density at radius 1 is 1.17 bits per heavy atom. The number of aromatic nitrogens is 1. The number of hydrogen-bond acceptors (Lipinski definition) is 3. The van der Waals surface area contributed by atoms with E-state index in [1.165, 1.54) is 0 Å². The number of nitrogens with one attached hydrogen (secondary N) is 2. The van der Waals surface area contributed by atoms with Crippen molar-refractivity contribution in [2.75, 3.05) is 18.5 Å². The summed E-state index contributed by atoms with van der Waals surface area (Å²) in [6, 6.07) is 10.9. The smallest absolute Gasteiger partial charge is 0.322 e. The van der Waals surface area contributed by atoms with Gasteiger partial charge in [-0.2, -0.15) is 0 Å². The van der Waals surface area contributed by atoms with Crippen LogP contribution in [0.25, 0.3) is 10.9 Å². The highest BCUT2D eigenvalue weighted by molar-refractivity contribution is 5.90. The third-order valence-electron chi connectivity index (χ3n) is 5.58. The molecule has 6 heteroatoms. The molecule has 150 valence electrons. The number of amides is 2. The molecule has 1 aromatic heterocycles. The zero-order valence-corrected chi connectivity index (χ0v) is 17.0. The zero-order valence-electron chi connectivity index (χ0n) is 17.0. The Kier molecular flexibility index (Phi) is 5.01. The van der Waals surface area contributed by atoms with Crippen LogP contribution in [0.3, 0.4) is 0 Å². The van der Waals surface area contributed by atoms with Crippen LogP contribution in [0.15, 0.2) is 41.2 Å². The van der Waals surface area contributed by atoms with E-state index in [-0.39, 0.29) is 11.5 Å². The minimum absolute atomic E-state index is 0.00965. The molecule has 0 spiro atoms. The average molecular weight is 391 g/mol. The molecule has 0 unspecified atom stereocenters. The first kappa shape index (κ1) is 19.1. The first-order valence-electron chi connectivity index (χ1n) is 9.90. The summed E-state index contributed by atoms with van der Waals surface area (Å²) < 4.78 is 5.42. The first-order chi connectivity index (χ1) is 14.0. The van der Waals surface area contributed by atoms with Crippen molar-refractivity contribution in [3.05, 3.63) is 69.0 Å². The molecule has 2 N–H and O–H groups in total. The number of nitrogens with zero attached hydrogens (tertiary/aromatic N) is 1. The van der Waals surface area contributed by atoms with E-state index < -0.39 is 0 Å². The van der Waals surface area contributed by atoms with E-state index in [1.807, 2.05) is 57.2 Å². The lowest BCUT2D eigenvalue weighted by Gasteiger charge is -2.29. The number of urea groups is 1. The number of aryl methyl sites for hydroxylation is 2. The van der Waals surface area contributed by atoms with Crippen LogP contribution < -0.4 is 15.5 Å². The lowest BCUT2D eigenvalue weighted by atomic mass is 9.99. The number of carbonyl (C=O) groups is 1. The monoisotopic (exact) mass is 391 g/mol. The lowest BCUT2D eigenvalue weighted by Crippen LogP contribution is -2.41. The maximum Gasteiger partial charge on any atom is 0.322 e. The quantitative estimate of drug-likeness (QED) is 0.705. The maximum absolute atomic E-state index is 13.1. The average Bonchev–Trinajstić information content (AvgIpc) is 2.72. The molecule has 0 fully saturated rings. The van der Waals surface area contributed by atoms with Crippen molar-refractivity contribution in [2.24, 2.45) is 0 Å². The molecular weight excluding hydrogens is 366 g/mol. The number of benzene rings is 2. The highest BCUT2D eigenvalue weighted by atomic mass is 16.5. The standard InChI is InChI=1S/C23H25N3O3/c1-4-29-17-8-6-16(7-9-17)24-23(28)26-12-11-20-19(13-26)22(27)18-10-5-14(2)15(3)21(18)25-20/h5-10H,4,11-13H2,1-3H3,(H,24,28)(H,25,27). The summed E-state index contributed by atoms with van der Waals surface area (Å²) in [5.74, 6) is 0.765. The number of fused-ring (bicyclic) bond motifs is 2. The zero-order chi connectivity index (χ0) is 20.5. The van der Waals surface area contributed by atoms with Gasteiger partial charge in [0.1, 0.15) is 5.75 Å². The van der Waals surface area contributed by atoms with Gasteiger partial charge in [-0.15, -0.1) is 0 Å². The molecule has 1 aliphatic heterocycles. The van der Waals surface area contributed by atoms with Gasteiger partial charge in [-0.05, 0) is 62.2 Å². The summed E-state index contributed by atoms with van der Waals surface area (Å²) in [6.07, 6.45) is 0.630. The molecular formula is C23H25N3O3. The summed E-state index contributed by atoms with van der Waals surface area (Å²) in [7, 11) is 0.